The molecule has 1 amide bonds. The number of halogens is 2. The van der Waals surface area contributed by atoms with E-state index in [2.05, 4.69) is 0 Å². The first-order valence-electron chi connectivity index (χ1n) is 8.69. The first kappa shape index (κ1) is 18.1. The molecule has 0 aromatic heterocycles. The number of anilines is 1. The summed E-state index contributed by atoms with van der Waals surface area (Å²) in [5.74, 6) is -0.292. The Hall–Kier alpha value is -2.33. The summed E-state index contributed by atoms with van der Waals surface area (Å²) in [7, 11) is 1.88. The van der Waals surface area contributed by atoms with Gasteiger partial charge in [-0.3, -0.25) is 4.79 Å². The van der Waals surface area contributed by atoms with Crippen LogP contribution in [0.1, 0.15) is 22.6 Å². The van der Waals surface area contributed by atoms with Gasteiger partial charge in [0.15, 0.2) is 0 Å². The highest BCUT2D eigenvalue weighted by Crippen LogP contribution is 2.42. The largest absolute Gasteiger partial charge is 0.272 e. The van der Waals surface area contributed by atoms with E-state index in [1.54, 1.807) is 5.01 Å². The summed E-state index contributed by atoms with van der Waals surface area (Å²) >= 11 is 12.7. The number of fused-ring (bicyclic) bond motifs is 1. The van der Waals surface area contributed by atoms with Crippen LogP contribution in [0.3, 0.4) is 0 Å². The first-order chi connectivity index (χ1) is 13.1. The molecule has 0 saturated heterocycles. The highest BCUT2D eigenvalue weighted by Gasteiger charge is 2.40. The minimum Gasteiger partial charge on any atom is -0.272 e. The Labute approximate surface area is 168 Å². The molecule has 0 saturated carbocycles. The van der Waals surface area contributed by atoms with Gasteiger partial charge in [-0.1, -0.05) is 77.8 Å². The van der Waals surface area contributed by atoms with Crippen LogP contribution in [0.25, 0.3) is 0 Å². The molecule has 5 heteroatoms. The van der Waals surface area contributed by atoms with E-state index in [1.165, 1.54) is 0 Å². The predicted molar refractivity (Wildman–Crippen MR) is 110 cm³/mol. The van der Waals surface area contributed by atoms with E-state index >= 15 is 0 Å². The summed E-state index contributed by atoms with van der Waals surface area (Å²) in [5, 5.41) is 4.78. The maximum absolute atomic E-state index is 13.4. The van der Waals surface area contributed by atoms with E-state index in [9.17, 15) is 4.79 Å². The van der Waals surface area contributed by atoms with Crippen molar-refractivity contribution in [3.63, 3.8) is 0 Å². The zero-order valence-corrected chi connectivity index (χ0v) is 16.3. The average Bonchev–Trinajstić information content (AvgIpc) is 2.97. The van der Waals surface area contributed by atoms with Gasteiger partial charge in [0.05, 0.1) is 11.6 Å². The topological polar surface area (TPSA) is 23.6 Å². The van der Waals surface area contributed by atoms with Crippen LogP contribution < -0.4 is 5.01 Å². The first-order valence-corrected chi connectivity index (χ1v) is 9.45. The van der Waals surface area contributed by atoms with Crippen LogP contribution in [0.4, 0.5) is 5.69 Å². The standard InChI is InChI=1S/C22H18Cl2N2O/c1-25(14-17-18(23)11-7-12-19(17)24)26-20-13-6-5-10-16(20)21(22(26)27)15-8-3-2-4-9-15/h2-13,21H,14H2,1H3. The van der Waals surface area contributed by atoms with Crippen LogP contribution in [0.15, 0.2) is 72.8 Å². The van der Waals surface area contributed by atoms with Gasteiger partial charge >= 0.3 is 0 Å². The fourth-order valence-electron chi connectivity index (χ4n) is 3.60. The average molecular weight is 397 g/mol. The molecule has 136 valence electrons. The number of hydrazine groups is 1. The molecule has 3 nitrogen and oxygen atoms in total. The zero-order chi connectivity index (χ0) is 19.0. The van der Waals surface area contributed by atoms with E-state index in [-0.39, 0.29) is 11.8 Å². The van der Waals surface area contributed by atoms with Crippen molar-refractivity contribution in [2.75, 3.05) is 12.1 Å². The van der Waals surface area contributed by atoms with Gasteiger partial charge in [0.25, 0.3) is 5.91 Å². The van der Waals surface area contributed by atoms with Crippen molar-refractivity contribution >= 4 is 34.8 Å². The van der Waals surface area contributed by atoms with E-state index in [1.807, 2.05) is 84.9 Å². The highest BCUT2D eigenvalue weighted by atomic mass is 35.5. The Bertz CT molecular complexity index is 970. The smallest absolute Gasteiger partial charge is 0.253 e. The van der Waals surface area contributed by atoms with Gasteiger partial charge in [-0.25, -0.2) is 10.0 Å². The fraction of sp³-hybridized carbons (Fsp3) is 0.136. The Kier molecular flexibility index (Phi) is 4.92. The Morgan fingerprint density at radius 2 is 1.52 bits per heavy atom. The van der Waals surface area contributed by atoms with E-state index < -0.39 is 0 Å². The number of para-hydroxylation sites is 1. The summed E-state index contributed by atoms with van der Waals surface area (Å²) < 4.78 is 0. The Morgan fingerprint density at radius 1 is 0.889 bits per heavy atom. The summed E-state index contributed by atoms with van der Waals surface area (Å²) in [6.45, 7) is 0.431. The molecule has 4 rings (SSSR count). The third kappa shape index (κ3) is 3.23. The number of carbonyl (C=O) groups excluding carboxylic acids is 1. The molecule has 0 bridgehead atoms. The molecule has 27 heavy (non-hydrogen) atoms. The van der Waals surface area contributed by atoms with Gasteiger partial charge in [-0.15, -0.1) is 0 Å². The molecule has 3 aromatic rings. The maximum atomic E-state index is 13.4. The molecule has 3 aromatic carbocycles. The molecule has 0 fully saturated rings. The van der Waals surface area contributed by atoms with Crippen LogP contribution >= 0.6 is 23.2 Å². The number of carbonyl (C=O) groups is 1. The third-order valence-corrected chi connectivity index (χ3v) is 5.56. The van der Waals surface area contributed by atoms with Crippen molar-refractivity contribution in [1.82, 2.24) is 5.01 Å². The fourth-order valence-corrected chi connectivity index (χ4v) is 4.12. The Morgan fingerprint density at radius 3 is 2.22 bits per heavy atom. The molecule has 0 aliphatic carbocycles. The molecular formula is C22H18Cl2N2O. The minimum atomic E-state index is -0.313. The lowest BCUT2D eigenvalue weighted by molar-refractivity contribution is -0.121. The van der Waals surface area contributed by atoms with Crippen LogP contribution in [0, 0.1) is 0 Å². The molecule has 0 radical (unpaired) electrons. The van der Waals surface area contributed by atoms with Crippen molar-refractivity contribution in [3.8, 4) is 0 Å². The molecular weight excluding hydrogens is 379 g/mol. The van der Waals surface area contributed by atoms with Gasteiger partial charge in [0.2, 0.25) is 0 Å². The second kappa shape index (κ2) is 7.35. The molecule has 0 spiro atoms. The zero-order valence-electron chi connectivity index (χ0n) is 14.8. The van der Waals surface area contributed by atoms with Gasteiger partial charge < -0.3 is 0 Å². The van der Waals surface area contributed by atoms with Crippen LogP contribution in [0.2, 0.25) is 10.0 Å². The molecule has 1 atom stereocenters. The molecule has 1 aliphatic heterocycles. The molecule has 1 heterocycles. The molecule has 1 unspecified atom stereocenters. The second-order valence-electron chi connectivity index (χ2n) is 6.57. The molecule has 1 aliphatic rings. The van der Waals surface area contributed by atoms with Crippen molar-refractivity contribution in [3.05, 3.63) is 99.5 Å². The predicted octanol–water partition coefficient (Wildman–Crippen LogP) is 5.52. The summed E-state index contributed by atoms with van der Waals surface area (Å²) in [5.41, 5.74) is 3.69. The van der Waals surface area contributed by atoms with Gasteiger partial charge in [-0.2, -0.15) is 0 Å². The lowest BCUT2D eigenvalue weighted by Gasteiger charge is -2.29. The minimum absolute atomic E-state index is 0.0214. The van der Waals surface area contributed by atoms with Gasteiger partial charge in [-0.05, 0) is 29.3 Å². The second-order valence-corrected chi connectivity index (χ2v) is 7.38. The number of hydrogen-bond donors (Lipinski definition) is 0. The number of amides is 1. The quantitative estimate of drug-likeness (QED) is 0.579. The SMILES string of the molecule is CN(Cc1c(Cl)cccc1Cl)N1C(=O)C(c2ccccc2)c2ccccc21. The third-order valence-electron chi connectivity index (χ3n) is 4.85. The molecule has 0 N–H and O–H groups in total. The van der Waals surface area contributed by atoms with Crippen molar-refractivity contribution < 1.29 is 4.79 Å². The van der Waals surface area contributed by atoms with E-state index in [4.69, 9.17) is 23.2 Å². The number of hydrogen-bond acceptors (Lipinski definition) is 2. The van der Waals surface area contributed by atoms with Crippen molar-refractivity contribution in [2.45, 2.75) is 12.5 Å². The summed E-state index contributed by atoms with van der Waals surface area (Å²) in [4.78, 5) is 13.4. The van der Waals surface area contributed by atoms with Crippen molar-refractivity contribution in [2.24, 2.45) is 0 Å². The monoisotopic (exact) mass is 396 g/mol. The lowest BCUT2D eigenvalue weighted by Crippen LogP contribution is -2.42. The summed E-state index contributed by atoms with van der Waals surface area (Å²) in [6.07, 6.45) is 0. The number of benzene rings is 3. The van der Waals surface area contributed by atoms with Gasteiger partial charge in [0, 0.05) is 29.2 Å². The number of nitrogens with zero attached hydrogens (tertiary/aromatic N) is 2. The van der Waals surface area contributed by atoms with Crippen molar-refractivity contribution in [1.29, 1.82) is 0 Å². The highest BCUT2D eigenvalue weighted by molar-refractivity contribution is 6.36. The Balaban J connectivity index is 1.72. The van der Waals surface area contributed by atoms with E-state index in [0.29, 0.717) is 16.6 Å². The van der Waals surface area contributed by atoms with E-state index in [0.717, 1.165) is 22.4 Å². The van der Waals surface area contributed by atoms with Crippen LogP contribution in [-0.4, -0.2) is 18.0 Å². The number of rotatable bonds is 4. The van der Waals surface area contributed by atoms with Crippen LogP contribution in [0.5, 0.6) is 0 Å². The van der Waals surface area contributed by atoms with Gasteiger partial charge in [0.1, 0.15) is 0 Å². The lowest BCUT2D eigenvalue weighted by atomic mass is 9.93. The normalized spacial score (nSPS) is 16.1. The van der Waals surface area contributed by atoms with Crippen LogP contribution in [-0.2, 0) is 11.3 Å². The maximum Gasteiger partial charge on any atom is 0.253 e. The summed E-state index contributed by atoms with van der Waals surface area (Å²) in [6, 6.07) is 23.2.